The van der Waals surface area contributed by atoms with Gasteiger partial charge in [-0.15, -0.1) is 0 Å². The summed E-state index contributed by atoms with van der Waals surface area (Å²) in [6, 6.07) is 7.36. The molecule has 5 nitrogen and oxygen atoms in total. The minimum Gasteiger partial charge on any atom is -0.378 e. The fourth-order valence-corrected chi connectivity index (χ4v) is 3.50. The minimum absolute atomic E-state index is 0.181. The third-order valence-electron chi connectivity index (χ3n) is 4.79. The lowest BCUT2D eigenvalue weighted by atomic mass is 9.96. The molecule has 3 heterocycles. The van der Waals surface area contributed by atoms with Crippen LogP contribution in [0.4, 0.5) is 21.7 Å². The van der Waals surface area contributed by atoms with Gasteiger partial charge in [-0.3, -0.25) is 0 Å². The fraction of sp³-hybridized carbons (Fsp3) is 0.444. The van der Waals surface area contributed by atoms with Gasteiger partial charge < -0.3 is 14.5 Å². The van der Waals surface area contributed by atoms with Crippen molar-refractivity contribution < 1.29 is 9.13 Å². The second-order valence-corrected chi connectivity index (χ2v) is 6.36. The highest BCUT2D eigenvalue weighted by Gasteiger charge is 2.26. The summed E-state index contributed by atoms with van der Waals surface area (Å²) < 4.78 is 19.0. The predicted octanol–water partition coefficient (Wildman–Crippen LogP) is 2.93. The molecule has 1 aromatic heterocycles. The van der Waals surface area contributed by atoms with Gasteiger partial charge >= 0.3 is 0 Å². The zero-order chi connectivity index (χ0) is 16.5. The molecule has 0 saturated carbocycles. The van der Waals surface area contributed by atoms with Crippen LogP contribution in [0.25, 0.3) is 0 Å². The van der Waals surface area contributed by atoms with E-state index in [4.69, 9.17) is 4.74 Å². The zero-order valence-electron chi connectivity index (χ0n) is 13.8. The molecule has 0 radical (unpaired) electrons. The Balaban J connectivity index is 1.70. The number of aryl methyl sites for hydroxylation is 1. The van der Waals surface area contributed by atoms with Crippen molar-refractivity contribution in [3.63, 3.8) is 0 Å². The third-order valence-corrected chi connectivity index (χ3v) is 4.79. The standard InChI is InChI=1S/C18H21FN4O/c1-13-2-3-14-10-15(19)4-5-16(14)23(13)18-11-17(20-12-21-18)22-6-8-24-9-7-22/h4-5,10-13H,2-3,6-9H2,1H3. The Morgan fingerprint density at radius 2 is 1.92 bits per heavy atom. The number of ether oxygens (including phenoxy) is 1. The second kappa shape index (κ2) is 6.36. The van der Waals surface area contributed by atoms with E-state index in [-0.39, 0.29) is 5.82 Å². The second-order valence-electron chi connectivity index (χ2n) is 6.36. The number of morpholine rings is 1. The van der Waals surface area contributed by atoms with E-state index in [1.807, 2.05) is 12.1 Å². The van der Waals surface area contributed by atoms with Crippen LogP contribution in [0.15, 0.2) is 30.6 Å². The van der Waals surface area contributed by atoms with Crippen LogP contribution in [-0.2, 0) is 11.2 Å². The molecule has 0 spiro atoms. The fourth-order valence-electron chi connectivity index (χ4n) is 3.50. The summed E-state index contributed by atoms with van der Waals surface area (Å²) in [6.07, 6.45) is 3.49. The van der Waals surface area contributed by atoms with Crippen molar-refractivity contribution in [2.24, 2.45) is 0 Å². The van der Waals surface area contributed by atoms with Crippen LogP contribution in [0.1, 0.15) is 18.9 Å². The lowest BCUT2D eigenvalue weighted by Gasteiger charge is -2.36. The predicted molar refractivity (Wildman–Crippen MR) is 91.4 cm³/mol. The van der Waals surface area contributed by atoms with Crippen molar-refractivity contribution in [1.82, 2.24) is 9.97 Å². The Hall–Kier alpha value is -2.21. The number of hydrogen-bond donors (Lipinski definition) is 0. The molecule has 126 valence electrons. The summed E-state index contributed by atoms with van der Waals surface area (Å²) in [4.78, 5) is 13.3. The molecule has 1 aromatic carbocycles. The summed E-state index contributed by atoms with van der Waals surface area (Å²) in [5.41, 5.74) is 2.08. The number of fused-ring (bicyclic) bond motifs is 1. The van der Waals surface area contributed by atoms with Crippen molar-refractivity contribution >= 4 is 17.3 Å². The number of halogens is 1. The molecule has 1 fully saturated rings. The van der Waals surface area contributed by atoms with Crippen LogP contribution >= 0.6 is 0 Å². The Kier molecular flexibility index (Phi) is 4.06. The number of anilines is 3. The van der Waals surface area contributed by atoms with Crippen LogP contribution in [0.3, 0.4) is 0 Å². The van der Waals surface area contributed by atoms with E-state index >= 15 is 0 Å². The van der Waals surface area contributed by atoms with Gasteiger partial charge in [0.05, 0.1) is 13.2 Å². The maximum absolute atomic E-state index is 13.6. The van der Waals surface area contributed by atoms with Crippen molar-refractivity contribution in [2.45, 2.75) is 25.8 Å². The van der Waals surface area contributed by atoms with Crippen LogP contribution in [0.5, 0.6) is 0 Å². The Morgan fingerprint density at radius 3 is 2.75 bits per heavy atom. The topological polar surface area (TPSA) is 41.5 Å². The highest BCUT2D eigenvalue weighted by Crippen LogP contribution is 2.36. The van der Waals surface area contributed by atoms with Crippen LogP contribution < -0.4 is 9.80 Å². The lowest BCUT2D eigenvalue weighted by Crippen LogP contribution is -2.37. The highest BCUT2D eigenvalue weighted by atomic mass is 19.1. The van der Waals surface area contributed by atoms with E-state index in [2.05, 4.69) is 26.7 Å². The summed E-state index contributed by atoms with van der Waals surface area (Å²) in [7, 11) is 0. The maximum Gasteiger partial charge on any atom is 0.138 e. The first-order valence-electron chi connectivity index (χ1n) is 8.45. The van der Waals surface area contributed by atoms with Crippen molar-refractivity contribution in [3.05, 3.63) is 42.0 Å². The SMILES string of the molecule is CC1CCc2cc(F)ccc2N1c1cc(N2CCOCC2)ncn1. The monoisotopic (exact) mass is 328 g/mol. The molecule has 2 aliphatic heterocycles. The number of nitrogens with zero attached hydrogens (tertiary/aromatic N) is 4. The molecule has 1 atom stereocenters. The van der Waals surface area contributed by atoms with E-state index in [9.17, 15) is 4.39 Å². The van der Waals surface area contributed by atoms with Gasteiger partial charge in [0, 0.05) is 30.9 Å². The van der Waals surface area contributed by atoms with Gasteiger partial charge in [-0.2, -0.15) is 0 Å². The van der Waals surface area contributed by atoms with Crippen LogP contribution in [-0.4, -0.2) is 42.3 Å². The van der Waals surface area contributed by atoms with E-state index in [1.165, 1.54) is 6.07 Å². The Morgan fingerprint density at radius 1 is 1.12 bits per heavy atom. The van der Waals surface area contributed by atoms with Crippen molar-refractivity contribution in [1.29, 1.82) is 0 Å². The summed E-state index contributed by atoms with van der Waals surface area (Å²) in [5, 5.41) is 0. The molecule has 1 unspecified atom stereocenters. The molecule has 6 heteroatoms. The molecule has 4 rings (SSSR count). The van der Waals surface area contributed by atoms with E-state index in [0.717, 1.165) is 62.0 Å². The summed E-state index contributed by atoms with van der Waals surface area (Å²) >= 11 is 0. The van der Waals surface area contributed by atoms with Gasteiger partial charge in [-0.1, -0.05) is 0 Å². The normalized spacial score (nSPS) is 20.8. The minimum atomic E-state index is -0.181. The van der Waals surface area contributed by atoms with E-state index in [1.54, 1.807) is 12.4 Å². The number of benzene rings is 1. The molecule has 0 N–H and O–H groups in total. The first-order chi connectivity index (χ1) is 11.7. The molecule has 24 heavy (non-hydrogen) atoms. The molecular weight excluding hydrogens is 307 g/mol. The highest BCUT2D eigenvalue weighted by molar-refractivity contribution is 5.68. The average Bonchev–Trinajstić information content (AvgIpc) is 2.63. The molecule has 2 aromatic rings. The summed E-state index contributed by atoms with van der Waals surface area (Å²) in [5.74, 6) is 1.61. The molecule has 2 aliphatic rings. The first kappa shape index (κ1) is 15.3. The van der Waals surface area contributed by atoms with Crippen LogP contribution in [0, 0.1) is 5.82 Å². The van der Waals surface area contributed by atoms with Gasteiger partial charge in [0.25, 0.3) is 0 Å². The zero-order valence-corrected chi connectivity index (χ0v) is 13.8. The molecular formula is C18H21FN4O. The smallest absolute Gasteiger partial charge is 0.138 e. The molecule has 1 saturated heterocycles. The van der Waals surface area contributed by atoms with Crippen molar-refractivity contribution in [2.75, 3.05) is 36.1 Å². The van der Waals surface area contributed by atoms with Gasteiger partial charge in [-0.25, -0.2) is 14.4 Å². The quantitative estimate of drug-likeness (QED) is 0.848. The van der Waals surface area contributed by atoms with Gasteiger partial charge in [0.2, 0.25) is 0 Å². The molecule has 0 aliphatic carbocycles. The van der Waals surface area contributed by atoms with Crippen molar-refractivity contribution in [3.8, 4) is 0 Å². The molecule has 0 bridgehead atoms. The van der Waals surface area contributed by atoms with Gasteiger partial charge in [0.1, 0.15) is 23.8 Å². The Bertz CT molecular complexity index is 733. The van der Waals surface area contributed by atoms with Crippen LogP contribution in [0.2, 0.25) is 0 Å². The third kappa shape index (κ3) is 2.82. The van der Waals surface area contributed by atoms with E-state index < -0.39 is 0 Å². The molecule has 0 amide bonds. The number of hydrogen-bond acceptors (Lipinski definition) is 5. The lowest BCUT2D eigenvalue weighted by molar-refractivity contribution is 0.122. The summed E-state index contributed by atoms with van der Waals surface area (Å²) in [6.45, 7) is 5.31. The van der Waals surface area contributed by atoms with E-state index in [0.29, 0.717) is 6.04 Å². The maximum atomic E-state index is 13.6. The number of aromatic nitrogens is 2. The van der Waals surface area contributed by atoms with Gasteiger partial charge in [0.15, 0.2) is 0 Å². The number of rotatable bonds is 2. The first-order valence-corrected chi connectivity index (χ1v) is 8.45. The largest absolute Gasteiger partial charge is 0.378 e. The average molecular weight is 328 g/mol. The Labute approximate surface area is 141 Å². The van der Waals surface area contributed by atoms with Gasteiger partial charge in [-0.05, 0) is 43.5 Å².